The molecule has 4 heteroatoms. The first kappa shape index (κ1) is 17.9. The molecule has 0 atom stereocenters. The Morgan fingerprint density at radius 3 is 2.37 bits per heavy atom. The number of aryl methyl sites for hydroxylation is 2. The number of nitrogens with zero attached hydrogens (tertiary/aromatic N) is 2. The molecule has 0 amide bonds. The monoisotopic (exact) mass is 862 g/mol. The van der Waals surface area contributed by atoms with Crippen molar-refractivity contribution in [2.45, 2.75) is 40.8 Å². The van der Waals surface area contributed by atoms with Crippen LogP contribution in [-0.4, -0.2) is 9.97 Å². The molecule has 51 heavy (non-hydrogen) atoms. The van der Waals surface area contributed by atoms with E-state index < -0.39 is 127 Å². The van der Waals surface area contributed by atoms with E-state index in [0.29, 0.717) is 16.8 Å². The second-order valence-corrected chi connectivity index (χ2v) is 12.1. The smallest absolute Gasteiger partial charge is 0.120 e. The maximum Gasteiger partial charge on any atom is 0.120 e. The Hall–Kier alpha value is -5.15. The van der Waals surface area contributed by atoms with E-state index in [2.05, 4.69) is 22.1 Å². The van der Waals surface area contributed by atoms with Crippen LogP contribution in [0, 0.1) is 31.3 Å². The Morgan fingerprint density at radius 1 is 0.804 bits per heavy atom. The van der Waals surface area contributed by atoms with Gasteiger partial charge in [-0.15, -0.1) is 47.5 Å². The minimum absolute atomic E-state index is 0. The van der Waals surface area contributed by atoms with Gasteiger partial charge in [-0.05, 0) is 71.3 Å². The minimum atomic E-state index is -2.32. The molecule has 3 heterocycles. The van der Waals surface area contributed by atoms with E-state index in [1.807, 2.05) is 30.3 Å². The standard InChI is InChI=1S/C28H24NO.C19H16N.Ir/c1-28(2,3)18-19-11-13-20(14-12-19)21-15-16-29-25(17-21)24-9-6-8-23-22-7-4-5-10-26(22)30-27(23)24;1-14-8-11-19(20-13-14)17-10-9-15(2)18(12-17)16-6-4-3-5-7-16;/h4-8,10-17H,18H2,1-3H3;3-9,11-13H,1-2H3;/q2*-1;/i4D,5D,6D,7D,8D,10D,11D,12D,13D,14D,15D,16D,17D,18D2;1D3,2D3;. The van der Waals surface area contributed by atoms with Crippen LogP contribution in [0.2, 0.25) is 0 Å². The minimum Gasteiger partial charge on any atom is -0.501 e. The summed E-state index contributed by atoms with van der Waals surface area (Å²) in [5, 5.41) is -0.388. The molecular formula is C47H40IrN2O-2. The van der Waals surface area contributed by atoms with Gasteiger partial charge in [0.15, 0.2) is 0 Å². The Balaban J connectivity index is 0.000000267. The van der Waals surface area contributed by atoms with Crippen molar-refractivity contribution >= 4 is 21.9 Å². The van der Waals surface area contributed by atoms with Gasteiger partial charge < -0.3 is 14.4 Å². The molecule has 0 aliphatic carbocycles. The topological polar surface area (TPSA) is 38.9 Å². The normalized spacial score (nSPS) is 17.8. The number of aromatic nitrogens is 2. The van der Waals surface area contributed by atoms with Gasteiger partial charge in [0.1, 0.15) is 5.58 Å². The molecule has 5 aromatic carbocycles. The zero-order valence-corrected chi connectivity index (χ0v) is 29.8. The molecule has 0 fully saturated rings. The molecule has 8 rings (SSSR count). The van der Waals surface area contributed by atoms with E-state index in [-0.39, 0.29) is 58.7 Å². The van der Waals surface area contributed by atoms with E-state index in [4.69, 9.17) is 33.2 Å². The van der Waals surface area contributed by atoms with Crippen LogP contribution in [0.4, 0.5) is 0 Å². The largest absolute Gasteiger partial charge is 0.501 e. The van der Waals surface area contributed by atoms with E-state index in [0.717, 1.165) is 5.56 Å². The maximum absolute atomic E-state index is 9.02. The summed E-state index contributed by atoms with van der Waals surface area (Å²) in [5.74, 6) is 0. The first-order valence-electron chi connectivity index (χ1n) is 25.9. The van der Waals surface area contributed by atoms with Crippen molar-refractivity contribution in [1.82, 2.24) is 9.97 Å². The van der Waals surface area contributed by atoms with E-state index in [1.54, 1.807) is 32.9 Å². The van der Waals surface area contributed by atoms with E-state index in [9.17, 15) is 0 Å². The third-order valence-electron chi connectivity index (χ3n) is 7.22. The predicted molar refractivity (Wildman–Crippen MR) is 208 cm³/mol. The number of para-hydroxylation sites is 1. The Kier molecular flexibility index (Phi) is 5.39. The number of hydrogen-bond donors (Lipinski definition) is 0. The Bertz CT molecular complexity index is 3410. The Morgan fingerprint density at radius 2 is 1.63 bits per heavy atom. The molecule has 3 aromatic heterocycles. The third kappa shape index (κ3) is 8.26. The average molecular weight is 862 g/mol. The van der Waals surface area contributed by atoms with Crippen molar-refractivity contribution in [3.05, 3.63) is 168 Å². The molecule has 8 aromatic rings. The molecule has 0 bridgehead atoms. The second kappa shape index (κ2) is 15.4. The fourth-order valence-electron chi connectivity index (χ4n) is 4.98. The fourth-order valence-corrected chi connectivity index (χ4v) is 4.98. The van der Waals surface area contributed by atoms with Crippen LogP contribution in [0.25, 0.3) is 66.7 Å². The first-order valence-corrected chi connectivity index (χ1v) is 15.4. The van der Waals surface area contributed by atoms with Gasteiger partial charge in [0.05, 0.1) is 20.7 Å². The van der Waals surface area contributed by atoms with Crippen LogP contribution in [0.5, 0.6) is 0 Å². The molecule has 255 valence electrons. The van der Waals surface area contributed by atoms with Crippen LogP contribution in [0.15, 0.2) is 144 Å². The summed E-state index contributed by atoms with van der Waals surface area (Å²) in [6, 6.07) is 13.4. The number of hydrogen-bond acceptors (Lipinski definition) is 3. The Labute approximate surface area is 344 Å². The molecular weight excluding hydrogens is 801 g/mol. The van der Waals surface area contributed by atoms with Crippen molar-refractivity contribution in [3.63, 3.8) is 0 Å². The summed E-state index contributed by atoms with van der Waals surface area (Å²) in [6.07, 6.45) is -1.76. The predicted octanol–water partition coefficient (Wildman–Crippen LogP) is 12.5. The number of rotatable bonds is 5. The van der Waals surface area contributed by atoms with Gasteiger partial charge >= 0.3 is 0 Å². The summed E-state index contributed by atoms with van der Waals surface area (Å²) < 4.78 is 179. The summed E-state index contributed by atoms with van der Waals surface area (Å²) in [7, 11) is 0. The van der Waals surface area contributed by atoms with Crippen LogP contribution in [0.3, 0.4) is 0 Å². The van der Waals surface area contributed by atoms with Gasteiger partial charge in [0, 0.05) is 50.2 Å². The summed E-state index contributed by atoms with van der Waals surface area (Å²) in [6.45, 7) is 0.145. The van der Waals surface area contributed by atoms with Gasteiger partial charge in [-0.1, -0.05) is 135 Å². The van der Waals surface area contributed by atoms with E-state index >= 15 is 0 Å². The van der Waals surface area contributed by atoms with Gasteiger partial charge in [-0.3, -0.25) is 0 Å². The number of pyridine rings is 2. The van der Waals surface area contributed by atoms with Gasteiger partial charge in [-0.2, -0.15) is 0 Å². The number of benzene rings is 5. The van der Waals surface area contributed by atoms with Crippen molar-refractivity contribution < 1.29 is 53.3 Å². The quantitative estimate of drug-likeness (QED) is 0.162. The second-order valence-electron chi connectivity index (χ2n) is 12.1. The van der Waals surface area contributed by atoms with Crippen molar-refractivity contribution in [3.8, 4) is 44.8 Å². The molecule has 0 N–H and O–H groups in total. The van der Waals surface area contributed by atoms with Crippen LogP contribution < -0.4 is 0 Å². The number of furan rings is 1. The zero-order valence-electron chi connectivity index (χ0n) is 48.4. The number of fused-ring (bicyclic) bond motifs is 3. The maximum atomic E-state index is 9.02. The van der Waals surface area contributed by atoms with Crippen LogP contribution in [0.1, 0.15) is 66.2 Å². The van der Waals surface area contributed by atoms with Gasteiger partial charge in [0.25, 0.3) is 0 Å². The molecule has 0 saturated carbocycles. The summed E-state index contributed by atoms with van der Waals surface area (Å²) in [4.78, 5) is 8.21. The average Bonchev–Trinajstić information content (AvgIpc) is 3.71. The van der Waals surface area contributed by atoms with Crippen molar-refractivity contribution in [1.29, 1.82) is 0 Å². The van der Waals surface area contributed by atoms with Crippen molar-refractivity contribution in [2.75, 3.05) is 0 Å². The molecule has 3 nitrogen and oxygen atoms in total. The molecule has 0 aliphatic heterocycles. The molecule has 1 radical (unpaired) electrons. The third-order valence-corrected chi connectivity index (χ3v) is 7.22. The zero-order chi connectivity index (χ0) is 52.8. The SMILES string of the molecule is [2H]C([2H])([2H])c1ccc(-c2[c-]cc(C([2H])([2H])[2H])c(-c3ccccc3)c2)nc1.[2H]c1[c-]c(-c2nc([2H])c([2H])c(-c3c([2H])c([2H])c(C([2H])([2H])C(C)(C)C)c([2H])c3[2H])c2[2H])c2oc3c([2H])c([2H])c([2H])c([2H])c3c2c1[2H].[Ir]. The van der Waals surface area contributed by atoms with Crippen LogP contribution in [-0.2, 0) is 26.5 Å². The molecule has 0 spiro atoms. The van der Waals surface area contributed by atoms with E-state index in [1.165, 1.54) is 18.3 Å². The molecule has 0 saturated heterocycles. The van der Waals surface area contributed by atoms with Gasteiger partial charge in [-0.25, -0.2) is 0 Å². The molecule has 0 unspecified atom stereocenters. The molecule has 0 aliphatic rings. The first-order chi connectivity index (χ1) is 32.8. The van der Waals surface area contributed by atoms with Gasteiger partial charge in [0.2, 0.25) is 0 Å². The fraction of sp³-hybridized carbons (Fsp3) is 0.149. The summed E-state index contributed by atoms with van der Waals surface area (Å²) in [5.41, 5.74) is -1.22. The van der Waals surface area contributed by atoms with Crippen LogP contribution >= 0.6 is 0 Å². The van der Waals surface area contributed by atoms with Crippen molar-refractivity contribution in [2.24, 2.45) is 5.41 Å². The summed E-state index contributed by atoms with van der Waals surface area (Å²) >= 11 is 0.